The first-order chi connectivity index (χ1) is 15.3. The second kappa shape index (κ2) is 11.1. The molecule has 0 aliphatic rings. The third-order valence-electron chi connectivity index (χ3n) is 4.99. The van der Waals surface area contributed by atoms with Crippen molar-refractivity contribution in [2.75, 3.05) is 13.1 Å². The Morgan fingerprint density at radius 3 is 2.38 bits per heavy atom. The number of carbonyl (C=O) groups excluding carboxylic acids is 1. The van der Waals surface area contributed by atoms with E-state index in [0.717, 1.165) is 15.6 Å². The second-order valence-corrected chi connectivity index (χ2v) is 10.7. The van der Waals surface area contributed by atoms with Crippen LogP contribution in [0.4, 0.5) is 0 Å². The van der Waals surface area contributed by atoms with Crippen molar-refractivity contribution in [3.05, 3.63) is 99.5 Å². The zero-order valence-corrected chi connectivity index (χ0v) is 20.7. The molecule has 0 heterocycles. The zero-order chi connectivity index (χ0) is 23.1. The average Bonchev–Trinajstić information content (AvgIpc) is 2.77. The molecule has 0 bridgehead atoms. The van der Waals surface area contributed by atoms with Gasteiger partial charge in [-0.3, -0.25) is 4.79 Å². The Morgan fingerprint density at radius 2 is 1.72 bits per heavy atom. The summed E-state index contributed by atoms with van der Waals surface area (Å²) in [4.78, 5) is 12.9. The number of hydrogen-bond acceptors (Lipinski definition) is 3. The molecule has 1 amide bonds. The summed E-state index contributed by atoms with van der Waals surface area (Å²) < 4.78 is 28.7. The molecule has 8 heteroatoms. The molecule has 0 unspecified atom stereocenters. The molecule has 0 saturated carbocycles. The molecule has 0 aromatic heterocycles. The van der Waals surface area contributed by atoms with Gasteiger partial charge >= 0.3 is 0 Å². The number of nitrogens with one attached hydrogen (secondary N) is 1. The van der Waals surface area contributed by atoms with Crippen molar-refractivity contribution < 1.29 is 13.2 Å². The highest BCUT2D eigenvalue weighted by atomic mass is 79.9. The maximum absolute atomic E-state index is 13.3. The highest BCUT2D eigenvalue weighted by molar-refractivity contribution is 9.10. The first-order valence-corrected chi connectivity index (χ1v) is 12.7. The number of amides is 1. The summed E-state index contributed by atoms with van der Waals surface area (Å²) in [7, 11) is -3.88. The van der Waals surface area contributed by atoms with Gasteiger partial charge in [-0.1, -0.05) is 70.0 Å². The minimum atomic E-state index is -3.88. The summed E-state index contributed by atoms with van der Waals surface area (Å²) in [5, 5.41) is 3.34. The van der Waals surface area contributed by atoms with Gasteiger partial charge in [0.15, 0.2) is 0 Å². The van der Waals surface area contributed by atoms with Crippen LogP contribution < -0.4 is 5.32 Å². The van der Waals surface area contributed by atoms with Gasteiger partial charge in [0.1, 0.15) is 0 Å². The molecule has 0 spiro atoms. The SMILES string of the molecule is C[C@H](NC(=O)CN(CCc1ccccc1)S(=O)(=O)c1ccc(Cl)cc1)c1cccc(Br)c1. The van der Waals surface area contributed by atoms with Gasteiger partial charge in [0.05, 0.1) is 17.5 Å². The highest BCUT2D eigenvalue weighted by Gasteiger charge is 2.27. The van der Waals surface area contributed by atoms with E-state index in [-0.39, 0.29) is 29.9 Å². The smallest absolute Gasteiger partial charge is 0.243 e. The van der Waals surface area contributed by atoms with Gasteiger partial charge in [0.2, 0.25) is 15.9 Å². The number of benzene rings is 3. The van der Waals surface area contributed by atoms with Crippen molar-refractivity contribution in [2.45, 2.75) is 24.3 Å². The van der Waals surface area contributed by atoms with E-state index in [1.807, 2.05) is 61.5 Å². The van der Waals surface area contributed by atoms with E-state index >= 15 is 0 Å². The topological polar surface area (TPSA) is 66.5 Å². The van der Waals surface area contributed by atoms with Gasteiger partial charge in [-0.15, -0.1) is 0 Å². The van der Waals surface area contributed by atoms with Crippen molar-refractivity contribution in [2.24, 2.45) is 0 Å². The number of halogens is 2. The molecule has 0 aliphatic heterocycles. The lowest BCUT2D eigenvalue weighted by Crippen LogP contribution is -2.42. The first kappa shape index (κ1) is 24.5. The van der Waals surface area contributed by atoms with E-state index in [4.69, 9.17) is 11.6 Å². The predicted octanol–water partition coefficient (Wildman–Crippen LogP) is 5.21. The predicted molar refractivity (Wildman–Crippen MR) is 131 cm³/mol. The van der Waals surface area contributed by atoms with Crippen molar-refractivity contribution >= 4 is 43.5 Å². The van der Waals surface area contributed by atoms with Gasteiger partial charge in [-0.05, 0) is 60.9 Å². The van der Waals surface area contributed by atoms with Gasteiger partial charge in [-0.25, -0.2) is 8.42 Å². The lowest BCUT2D eigenvalue weighted by atomic mass is 10.1. The first-order valence-electron chi connectivity index (χ1n) is 10.1. The van der Waals surface area contributed by atoms with Crippen molar-refractivity contribution in [3.63, 3.8) is 0 Å². The molecule has 1 atom stereocenters. The van der Waals surface area contributed by atoms with Crippen LogP contribution in [-0.2, 0) is 21.2 Å². The molecule has 168 valence electrons. The van der Waals surface area contributed by atoms with E-state index in [9.17, 15) is 13.2 Å². The Hall–Kier alpha value is -2.19. The molecule has 5 nitrogen and oxygen atoms in total. The van der Waals surface area contributed by atoms with E-state index < -0.39 is 10.0 Å². The molecule has 3 rings (SSSR count). The molecule has 0 aliphatic carbocycles. The van der Waals surface area contributed by atoms with Crippen LogP contribution in [0.25, 0.3) is 0 Å². The van der Waals surface area contributed by atoms with E-state index in [0.29, 0.717) is 11.4 Å². The molecule has 0 saturated heterocycles. The monoisotopic (exact) mass is 534 g/mol. The number of nitrogens with zero attached hydrogens (tertiary/aromatic N) is 1. The summed E-state index contributed by atoms with van der Waals surface area (Å²) in [5.74, 6) is -0.372. The molecular weight excluding hydrogens is 512 g/mol. The van der Waals surface area contributed by atoms with Crippen molar-refractivity contribution in [1.82, 2.24) is 9.62 Å². The minimum Gasteiger partial charge on any atom is -0.348 e. The van der Waals surface area contributed by atoms with Crippen LogP contribution >= 0.6 is 27.5 Å². The fraction of sp³-hybridized carbons (Fsp3) is 0.208. The van der Waals surface area contributed by atoms with Gasteiger partial charge in [-0.2, -0.15) is 4.31 Å². The molecule has 1 N–H and O–H groups in total. The molecule has 32 heavy (non-hydrogen) atoms. The summed E-state index contributed by atoms with van der Waals surface area (Å²) in [6, 6.07) is 22.9. The highest BCUT2D eigenvalue weighted by Crippen LogP contribution is 2.20. The molecular formula is C24H24BrClN2O3S. The Balaban J connectivity index is 1.78. The average molecular weight is 536 g/mol. The number of hydrogen-bond donors (Lipinski definition) is 1. The number of rotatable bonds is 9. The van der Waals surface area contributed by atoms with Crippen LogP contribution in [0, 0.1) is 0 Å². The summed E-state index contributed by atoms with van der Waals surface area (Å²) >= 11 is 9.34. The normalized spacial score (nSPS) is 12.5. The lowest BCUT2D eigenvalue weighted by Gasteiger charge is -2.23. The van der Waals surface area contributed by atoms with Gasteiger partial charge < -0.3 is 5.32 Å². The van der Waals surface area contributed by atoms with E-state index in [1.54, 1.807) is 0 Å². The lowest BCUT2D eigenvalue weighted by molar-refractivity contribution is -0.121. The van der Waals surface area contributed by atoms with Crippen molar-refractivity contribution in [1.29, 1.82) is 0 Å². The number of carbonyl (C=O) groups is 1. The van der Waals surface area contributed by atoms with Gasteiger partial charge in [0, 0.05) is 16.0 Å². The quantitative estimate of drug-likeness (QED) is 0.409. The Bertz CT molecular complexity index is 1160. The molecule has 0 fully saturated rings. The molecule has 3 aromatic rings. The largest absolute Gasteiger partial charge is 0.348 e. The Morgan fingerprint density at radius 1 is 1.03 bits per heavy atom. The van der Waals surface area contributed by atoms with Crippen LogP contribution in [0.2, 0.25) is 5.02 Å². The summed E-state index contributed by atoms with van der Waals surface area (Å²) in [6.07, 6.45) is 0.488. The summed E-state index contributed by atoms with van der Waals surface area (Å²) in [6.45, 7) is 1.76. The molecule has 3 aromatic carbocycles. The number of sulfonamides is 1. The van der Waals surface area contributed by atoms with E-state index in [1.165, 1.54) is 28.6 Å². The zero-order valence-electron chi connectivity index (χ0n) is 17.5. The second-order valence-electron chi connectivity index (χ2n) is 7.37. The third-order valence-corrected chi connectivity index (χ3v) is 7.59. The minimum absolute atomic E-state index is 0.0998. The maximum atomic E-state index is 13.3. The van der Waals surface area contributed by atoms with Crippen LogP contribution in [0.3, 0.4) is 0 Å². The standard InChI is InChI=1S/C24H24BrClN2O3S/c1-18(20-8-5-9-21(25)16-20)27-24(29)17-28(15-14-19-6-3-2-4-7-19)32(30,31)23-12-10-22(26)11-13-23/h2-13,16,18H,14-15,17H2,1H3,(H,27,29)/t18-/m0/s1. The van der Waals surface area contributed by atoms with Crippen LogP contribution in [-0.4, -0.2) is 31.7 Å². The van der Waals surface area contributed by atoms with Crippen LogP contribution in [0.1, 0.15) is 24.1 Å². The van der Waals surface area contributed by atoms with Crippen molar-refractivity contribution in [3.8, 4) is 0 Å². The summed E-state index contributed by atoms with van der Waals surface area (Å²) in [5.41, 5.74) is 1.91. The van der Waals surface area contributed by atoms with Gasteiger partial charge in [0.25, 0.3) is 0 Å². The Kier molecular flexibility index (Phi) is 8.48. The fourth-order valence-electron chi connectivity index (χ4n) is 3.24. The van der Waals surface area contributed by atoms with Crippen LogP contribution in [0.5, 0.6) is 0 Å². The molecule has 0 radical (unpaired) electrons. The van der Waals surface area contributed by atoms with Crippen LogP contribution in [0.15, 0.2) is 88.2 Å². The Labute approximate surface area is 202 Å². The third kappa shape index (κ3) is 6.65. The fourth-order valence-corrected chi connectivity index (χ4v) is 5.18. The maximum Gasteiger partial charge on any atom is 0.243 e. The van der Waals surface area contributed by atoms with E-state index in [2.05, 4.69) is 21.2 Å².